The van der Waals surface area contributed by atoms with Crippen molar-refractivity contribution in [2.75, 3.05) is 52.9 Å². The zero-order chi connectivity index (χ0) is 25.3. The highest BCUT2D eigenvalue weighted by Gasteiger charge is 2.43. The van der Waals surface area contributed by atoms with Crippen molar-refractivity contribution in [3.8, 4) is 0 Å². The lowest BCUT2D eigenvalue weighted by atomic mass is 9.90. The van der Waals surface area contributed by atoms with Crippen LogP contribution in [0.25, 0.3) is 0 Å². The van der Waals surface area contributed by atoms with Gasteiger partial charge in [0.05, 0.1) is 6.04 Å². The number of rotatable bonds is 12. The Morgan fingerprint density at radius 2 is 1.64 bits per heavy atom. The lowest BCUT2D eigenvalue weighted by Crippen LogP contribution is -2.54. The summed E-state index contributed by atoms with van der Waals surface area (Å²) >= 11 is 0. The number of carboxylic acid groups (broad SMARTS) is 1. The molecule has 2 unspecified atom stereocenters. The summed E-state index contributed by atoms with van der Waals surface area (Å²) in [5.41, 5.74) is 1.41. The van der Waals surface area contributed by atoms with Gasteiger partial charge in [-0.3, -0.25) is 14.6 Å². The van der Waals surface area contributed by atoms with E-state index in [1.807, 2.05) is 7.05 Å². The summed E-state index contributed by atoms with van der Waals surface area (Å²) in [6.07, 6.45) is 7.72. The molecule has 3 aliphatic heterocycles. The van der Waals surface area contributed by atoms with Crippen LogP contribution in [0.2, 0.25) is 0 Å². The molecule has 0 spiro atoms. The van der Waals surface area contributed by atoms with Gasteiger partial charge in [-0.05, 0) is 56.8 Å². The van der Waals surface area contributed by atoms with Crippen LogP contribution in [-0.4, -0.2) is 102 Å². The van der Waals surface area contributed by atoms with Gasteiger partial charge in [0.15, 0.2) is 6.23 Å². The number of hydrogen-bond acceptors (Lipinski definition) is 6. The third kappa shape index (κ3) is 7.67. The van der Waals surface area contributed by atoms with Crippen LogP contribution < -0.4 is 0 Å². The van der Waals surface area contributed by atoms with Crippen molar-refractivity contribution in [3.63, 3.8) is 0 Å². The number of benzene rings is 1. The molecule has 36 heavy (non-hydrogen) atoms. The molecule has 8 nitrogen and oxygen atoms in total. The SMILES string of the molecule is CN1C(=O)OC(N2CCN(CCCC(=O)O)CC2)C1CCCCC1CCN(Cc2ccccc2)CC1. The number of amides is 1. The Hall–Kier alpha value is -2.16. The number of carbonyl (C=O) groups excluding carboxylic acids is 1. The number of piperazine rings is 1. The minimum atomic E-state index is -0.731. The summed E-state index contributed by atoms with van der Waals surface area (Å²) < 4.78 is 5.79. The highest BCUT2D eigenvalue weighted by atomic mass is 16.6. The Labute approximate surface area is 216 Å². The van der Waals surface area contributed by atoms with Crippen LogP contribution in [-0.2, 0) is 16.1 Å². The first-order valence-corrected chi connectivity index (χ1v) is 13.9. The highest BCUT2D eigenvalue weighted by molar-refractivity contribution is 5.70. The van der Waals surface area contributed by atoms with Crippen molar-refractivity contribution >= 4 is 12.1 Å². The van der Waals surface area contributed by atoms with Crippen LogP contribution in [0.1, 0.15) is 56.9 Å². The predicted octanol–water partition coefficient (Wildman–Crippen LogP) is 3.72. The molecule has 3 saturated heterocycles. The summed E-state index contributed by atoms with van der Waals surface area (Å²) in [7, 11) is 1.87. The molecule has 0 bridgehead atoms. The number of nitrogens with zero attached hydrogens (tertiary/aromatic N) is 4. The molecule has 1 amide bonds. The summed E-state index contributed by atoms with van der Waals surface area (Å²) in [4.78, 5) is 32.1. The van der Waals surface area contributed by atoms with Crippen molar-refractivity contribution in [1.82, 2.24) is 19.6 Å². The fourth-order valence-electron chi connectivity index (χ4n) is 6.00. The largest absolute Gasteiger partial charge is 0.481 e. The monoisotopic (exact) mass is 500 g/mol. The van der Waals surface area contributed by atoms with Crippen molar-refractivity contribution < 1.29 is 19.4 Å². The number of carbonyl (C=O) groups is 2. The average Bonchev–Trinajstić information content (AvgIpc) is 3.17. The number of carboxylic acids is 1. The van der Waals surface area contributed by atoms with Crippen molar-refractivity contribution in [2.24, 2.45) is 5.92 Å². The van der Waals surface area contributed by atoms with Gasteiger partial charge in [-0.2, -0.15) is 0 Å². The number of likely N-dealkylation sites (N-methyl/N-ethyl adjacent to an activating group) is 1. The molecule has 3 fully saturated rings. The molecule has 4 rings (SSSR count). The molecule has 3 heterocycles. The Morgan fingerprint density at radius 3 is 2.33 bits per heavy atom. The first-order valence-electron chi connectivity index (χ1n) is 13.9. The van der Waals surface area contributed by atoms with E-state index >= 15 is 0 Å². The summed E-state index contributed by atoms with van der Waals surface area (Å²) in [6.45, 7) is 7.77. The van der Waals surface area contributed by atoms with E-state index in [4.69, 9.17) is 9.84 Å². The lowest BCUT2D eigenvalue weighted by molar-refractivity contribution is -0.137. The van der Waals surface area contributed by atoms with Crippen LogP contribution in [0.5, 0.6) is 0 Å². The van der Waals surface area contributed by atoms with E-state index < -0.39 is 5.97 Å². The quantitative estimate of drug-likeness (QED) is 0.439. The van der Waals surface area contributed by atoms with Gasteiger partial charge in [0.25, 0.3) is 0 Å². The first kappa shape index (κ1) is 26.9. The molecule has 0 aliphatic carbocycles. The molecule has 1 N–H and O–H groups in total. The third-order valence-electron chi connectivity index (χ3n) is 8.29. The molecule has 3 aliphatic rings. The first-order chi connectivity index (χ1) is 17.5. The lowest BCUT2D eigenvalue weighted by Gasteiger charge is -2.38. The number of likely N-dealkylation sites (tertiary alicyclic amines) is 1. The normalized spacial score (nSPS) is 24.8. The molecule has 200 valence electrons. The molecule has 0 aromatic heterocycles. The minimum absolute atomic E-state index is 0.115. The number of hydrogen-bond donors (Lipinski definition) is 1. The summed E-state index contributed by atoms with van der Waals surface area (Å²) in [5, 5.41) is 8.85. The van der Waals surface area contributed by atoms with Crippen molar-refractivity contribution in [1.29, 1.82) is 0 Å². The van der Waals surface area contributed by atoms with E-state index in [-0.39, 0.29) is 24.8 Å². The molecule has 1 aromatic rings. The van der Waals surface area contributed by atoms with Gasteiger partial charge < -0.3 is 19.6 Å². The maximum atomic E-state index is 12.4. The van der Waals surface area contributed by atoms with Crippen molar-refractivity contribution in [2.45, 2.75) is 70.2 Å². The summed E-state index contributed by atoms with van der Waals surface area (Å²) in [6, 6.07) is 10.9. The van der Waals surface area contributed by atoms with Crippen molar-refractivity contribution in [3.05, 3.63) is 35.9 Å². The second-order valence-corrected chi connectivity index (χ2v) is 10.8. The van der Waals surface area contributed by atoms with Gasteiger partial charge in [-0.25, -0.2) is 4.79 Å². The van der Waals surface area contributed by atoms with Crippen LogP contribution >= 0.6 is 0 Å². The van der Waals surface area contributed by atoms with E-state index in [1.54, 1.807) is 4.90 Å². The Balaban J connectivity index is 1.14. The van der Waals surface area contributed by atoms with E-state index in [9.17, 15) is 9.59 Å². The minimum Gasteiger partial charge on any atom is -0.481 e. The molecule has 1 aromatic carbocycles. The topological polar surface area (TPSA) is 76.6 Å². The molecule has 0 saturated carbocycles. The Morgan fingerprint density at radius 1 is 0.944 bits per heavy atom. The average molecular weight is 501 g/mol. The highest BCUT2D eigenvalue weighted by Crippen LogP contribution is 2.28. The number of unbranched alkanes of at least 4 members (excludes halogenated alkanes) is 1. The van der Waals surface area contributed by atoms with Crippen LogP contribution in [0.3, 0.4) is 0 Å². The Bertz CT molecular complexity index is 822. The molecular weight excluding hydrogens is 456 g/mol. The van der Waals surface area contributed by atoms with E-state index in [2.05, 4.69) is 45.0 Å². The van der Waals surface area contributed by atoms with E-state index in [1.165, 1.54) is 44.3 Å². The van der Waals surface area contributed by atoms with Gasteiger partial charge in [0, 0.05) is 46.2 Å². The molecule has 0 radical (unpaired) electrons. The number of ether oxygens (including phenoxy) is 1. The zero-order valence-electron chi connectivity index (χ0n) is 21.9. The summed E-state index contributed by atoms with van der Waals surface area (Å²) in [5.74, 6) is 0.0899. The predicted molar refractivity (Wildman–Crippen MR) is 140 cm³/mol. The van der Waals surface area contributed by atoms with Gasteiger partial charge in [-0.1, -0.05) is 49.6 Å². The smallest absolute Gasteiger partial charge is 0.411 e. The number of aliphatic carboxylic acids is 1. The maximum Gasteiger partial charge on any atom is 0.411 e. The van der Waals surface area contributed by atoms with E-state index in [0.29, 0.717) is 6.42 Å². The third-order valence-corrected chi connectivity index (χ3v) is 8.29. The van der Waals surface area contributed by atoms with Crippen LogP contribution in [0.15, 0.2) is 30.3 Å². The number of cyclic esters (lactones) is 1. The van der Waals surface area contributed by atoms with Gasteiger partial charge in [0.2, 0.25) is 0 Å². The zero-order valence-corrected chi connectivity index (χ0v) is 21.9. The van der Waals surface area contributed by atoms with Crippen LogP contribution in [0, 0.1) is 5.92 Å². The molecular formula is C28H44N4O4. The molecule has 2 atom stereocenters. The maximum absolute atomic E-state index is 12.4. The fourth-order valence-corrected chi connectivity index (χ4v) is 6.00. The second-order valence-electron chi connectivity index (χ2n) is 10.8. The van der Waals surface area contributed by atoms with E-state index in [0.717, 1.165) is 58.0 Å². The molecule has 8 heteroatoms. The van der Waals surface area contributed by atoms with Crippen LogP contribution in [0.4, 0.5) is 4.79 Å². The van der Waals surface area contributed by atoms with Gasteiger partial charge >= 0.3 is 12.1 Å². The standard InChI is InChI=1S/C28H44N4O4/c1-29-25(27(36-28(29)35)32-20-18-30(19-21-32)15-7-12-26(33)34)11-6-5-8-23-13-16-31(17-14-23)22-24-9-3-2-4-10-24/h2-4,9-10,23,25,27H,5-8,11-22H2,1H3,(H,33,34). The number of piperidine rings is 1. The second kappa shape index (κ2) is 13.4. The van der Waals surface area contributed by atoms with Gasteiger partial charge in [0.1, 0.15) is 0 Å². The van der Waals surface area contributed by atoms with Gasteiger partial charge in [-0.15, -0.1) is 0 Å². The Kier molecular flexibility index (Phi) is 10.0. The fraction of sp³-hybridized carbons (Fsp3) is 0.714.